The zero-order chi connectivity index (χ0) is 10.8. The van der Waals surface area contributed by atoms with Crippen LogP contribution in [-0.2, 0) is 10.0 Å². The van der Waals surface area contributed by atoms with E-state index in [1.54, 1.807) is 6.08 Å². The number of sulfonamides is 1. The Bertz CT molecular complexity index is 293. The molecule has 1 rings (SSSR count). The van der Waals surface area contributed by atoms with Crippen molar-refractivity contribution in [2.24, 2.45) is 17.0 Å². The number of nitrogens with two attached hydrogens (primary N) is 1. The molecule has 3 nitrogen and oxygen atoms in total. The highest BCUT2D eigenvalue weighted by molar-refractivity contribution is 7.89. The van der Waals surface area contributed by atoms with Crippen molar-refractivity contribution in [1.82, 2.24) is 0 Å². The lowest BCUT2D eigenvalue weighted by Gasteiger charge is -2.35. The Morgan fingerprint density at radius 3 is 2.43 bits per heavy atom. The molecule has 1 aliphatic carbocycles. The topological polar surface area (TPSA) is 60.2 Å². The van der Waals surface area contributed by atoms with Gasteiger partial charge in [0.05, 0.1) is 5.25 Å². The van der Waals surface area contributed by atoms with Gasteiger partial charge in [-0.15, -0.1) is 6.58 Å². The van der Waals surface area contributed by atoms with E-state index in [4.69, 9.17) is 5.14 Å². The third-order valence-electron chi connectivity index (χ3n) is 3.09. The van der Waals surface area contributed by atoms with Gasteiger partial charge in [-0.05, 0) is 31.1 Å². The maximum atomic E-state index is 11.4. The summed E-state index contributed by atoms with van der Waals surface area (Å²) >= 11 is 0. The Labute approximate surface area is 86.4 Å². The van der Waals surface area contributed by atoms with Crippen LogP contribution in [0.25, 0.3) is 0 Å². The SMILES string of the molecule is C=CC[C@H](C)[C@H](C1CCC1)S(N)(=O)=O. The summed E-state index contributed by atoms with van der Waals surface area (Å²) in [5, 5.41) is 4.89. The van der Waals surface area contributed by atoms with Gasteiger partial charge >= 0.3 is 0 Å². The van der Waals surface area contributed by atoms with Gasteiger partial charge in [0.25, 0.3) is 0 Å². The van der Waals surface area contributed by atoms with E-state index in [-0.39, 0.29) is 17.1 Å². The number of hydrogen-bond donors (Lipinski definition) is 1. The molecule has 4 heteroatoms. The molecular formula is C10H19NO2S. The fourth-order valence-electron chi connectivity index (χ4n) is 2.22. The highest BCUT2D eigenvalue weighted by Gasteiger charge is 2.37. The molecule has 2 atom stereocenters. The average molecular weight is 217 g/mol. The first-order valence-electron chi connectivity index (χ1n) is 5.09. The van der Waals surface area contributed by atoms with E-state index in [1.807, 2.05) is 6.92 Å². The molecule has 0 heterocycles. The maximum absolute atomic E-state index is 11.4. The van der Waals surface area contributed by atoms with Gasteiger partial charge in [-0.25, -0.2) is 13.6 Å². The highest BCUT2D eigenvalue weighted by atomic mass is 32.2. The van der Waals surface area contributed by atoms with Gasteiger partial charge in [0, 0.05) is 0 Å². The second kappa shape index (κ2) is 4.45. The van der Waals surface area contributed by atoms with E-state index in [0.29, 0.717) is 0 Å². The lowest BCUT2D eigenvalue weighted by atomic mass is 9.78. The van der Waals surface area contributed by atoms with Gasteiger partial charge in [0.15, 0.2) is 0 Å². The Morgan fingerprint density at radius 1 is 1.57 bits per heavy atom. The summed E-state index contributed by atoms with van der Waals surface area (Å²) in [5.74, 6) is 0.368. The fourth-order valence-corrected chi connectivity index (χ4v) is 3.79. The largest absolute Gasteiger partial charge is 0.228 e. The summed E-state index contributed by atoms with van der Waals surface area (Å²) in [6.07, 6.45) is 5.63. The minimum atomic E-state index is -3.39. The quantitative estimate of drug-likeness (QED) is 0.712. The highest BCUT2D eigenvalue weighted by Crippen LogP contribution is 2.36. The van der Waals surface area contributed by atoms with Crippen molar-refractivity contribution in [1.29, 1.82) is 0 Å². The van der Waals surface area contributed by atoms with Gasteiger partial charge in [-0.2, -0.15) is 0 Å². The summed E-state index contributed by atoms with van der Waals surface area (Å²) in [4.78, 5) is 0. The first-order chi connectivity index (χ1) is 6.46. The molecule has 14 heavy (non-hydrogen) atoms. The van der Waals surface area contributed by atoms with Crippen molar-refractivity contribution >= 4 is 10.0 Å². The summed E-state index contributed by atoms with van der Waals surface area (Å²) in [6.45, 7) is 5.57. The number of hydrogen-bond acceptors (Lipinski definition) is 2. The molecule has 0 saturated heterocycles. The van der Waals surface area contributed by atoms with Crippen LogP contribution in [0.2, 0.25) is 0 Å². The zero-order valence-corrected chi connectivity index (χ0v) is 9.46. The first-order valence-corrected chi connectivity index (χ1v) is 6.70. The molecule has 1 aliphatic rings. The monoisotopic (exact) mass is 217 g/mol. The third-order valence-corrected chi connectivity index (χ3v) is 4.70. The molecule has 0 aromatic heterocycles. The molecule has 82 valence electrons. The normalized spacial score (nSPS) is 22.4. The molecule has 0 aromatic carbocycles. The van der Waals surface area contributed by atoms with Crippen molar-refractivity contribution in [2.75, 3.05) is 0 Å². The van der Waals surface area contributed by atoms with Crippen molar-refractivity contribution in [2.45, 2.75) is 37.9 Å². The second-order valence-corrected chi connectivity index (χ2v) is 5.97. The number of allylic oxidation sites excluding steroid dienone is 1. The van der Waals surface area contributed by atoms with Crippen molar-refractivity contribution in [3.05, 3.63) is 12.7 Å². The molecule has 2 N–H and O–H groups in total. The lowest BCUT2D eigenvalue weighted by molar-refractivity contribution is 0.259. The van der Waals surface area contributed by atoms with Crippen LogP contribution in [0.4, 0.5) is 0 Å². The molecule has 1 fully saturated rings. The van der Waals surface area contributed by atoms with Crippen LogP contribution in [0, 0.1) is 11.8 Å². The Hall–Kier alpha value is -0.350. The van der Waals surface area contributed by atoms with Gasteiger partial charge in [-0.3, -0.25) is 0 Å². The minimum absolute atomic E-state index is 0.0906. The summed E-state index contributed by atoms with van der Waals surface area (Å²) in [7, 11) is -3.39. The van der Waals surface area contributed by atoms with Gasteiger partial charge in [-0.1, -0.05) is 19.4 Å². The molecule has 0 spiro atoms. The standard InChI is InChI=1S/C10H19NO2S/c1-3-5-8(2)10(14(11,12)13)9-6-4-7-9/h3,8-10H,1,4-7H2,2H3,(H2,11,12,13)/t8-,10+/m0/s1. The van der Waals surface area contributed by atoms with Gasteiger partial charge in [0.1, 0.15) is 0 Å². The minimum Gasteiger partial charge on any atom is -0.228 e. The van der Waals surface area contributed by atoms with E-state index in [0.717, 1.165) is 25.7 Å². The molecule has 0 amide bonds. The van der Waals surface area contributed by atoms with Crippen molar-refractivity contribution < 1.29 is 8.42 Å². The average Bonchev–Trinajstić information content (AvgIpc) is 1.94. The van der Waals surface area contributed by atoms with Crippen LogP contribution >= 0.6 is 0 Å². The van der Waals surface area contributed by atoms with E-state index in [2.05, 4.69) is 6.58 Å². The van der Waals surface area contributed by atoms with E-state index in [9.17, 15) is 8.42 Å². The van der Waals surface area contributed by atoms with Crippen molar-refractivity contribution in [3.63, 3.8) is 0 Å². The predicted molar refractivity (Wildman–Crippen MR) is 58.2 cm³/mol. The summed E-state index contributed by atoms with van der Waals surface area (Å²) < 4.78 is 22.9. The van der Waals surface area contributed by atoms with Crippen molar-refractivity contribution in [3.8, 4) is 0 Å². The zero-order valence-electron chi connectivity index (χ0n) is 8.65. The lowest BCUT2D eigenvalue weighted by Crippen LogP contribution is -2.42. The Balaban J connectivity index is 2.75. The third kappa shape index (κ3) is 2.58. The number of rotatable bonds is 5. The smallest absolute Gasteiger partial charge is 0.212 e. The molecule has 1 saturated carbocycles. The summed E-state index contributed by atoms with van der Waals surface area (Å²) in [6, 6.07) is 0. The molecule has 0 radical (unpaired) electrons. The second-order valence-electron chi connectivity index (χ2n) is 4.25. The summed E-state index contributed by atoms with van der Waals surface area (Å²) in [5.41, 5.74) is 0. The Morgan fingerprint density at radius 2 is 2.14 bits per heavy atom. The maximum Gasteiger partial charge on any atom is 0.212 e. The number of primary sulfonamides is 1. The van der Waals surface area contributed by atoms with E-state index >= 15 is 0 Å². The van der Waals surface area contributed by atoms with Crippen LogP contribution in [0.5, 0.6) is 0 Å². The Kier molecular flexibility index (Phi) is 3.72. The van der Waals surface area contributed by atoms with Crippen LogP contribution in [0.15, 0.2) is 12.7 Å². The molecule has 0 aromatic rings. The molecule has 0 aliphatic heterocycles. The van der Waals surface area contributed by atoms with Gasteiger partial charge < -0.3 is 0 Å². The van der Waals surface area contributed by atoms with Crippen LogP contribution < -0.4 is 5.14 Å². The molecule has 0 bridgehead atoms. The van der Waals surface area contributed by atoms with Crippen LogP contribution in [0.3, 0.4) is 0 Å². The first kappa shape index (κ1) is 11.7. The van der Waals surface area contributed by atoms with Crippen LogP contribution in [0.1, 0.15) is 32.6 Å². The predicted octanol–water partition coefficient (Wildman–Crippen LogP) is 1.66. The van der Waals surface area contributed by atoms with Crippen LogP contribution in [-0.4, -0.2) is 13.7 Å². The fraction of sp³-hybridized carbons (Fsp3) is 0.800. The van der Waals surface area contributed by atoms with E-state index in [1.165, 1.54) is 0 Å². The van der Waals surface area contributed by atoms with Gasteiger partial charge in [0.2, 0.25) is 10.0 Å². The van der Waals surface area contributed by atoms with E-state index < -0.39 is 10.0 Å². The molecular weight excluding hydrogens is 198 g/mol. The molecule has 0 unspecified atom stereocenters.